The van der Waals surface area contributed by atoms with E-state index in [4.69, 9.17) is 13.9 Å². The largest absolute Gasteiger partial charge is 0.496 e. The number of para-hydroxylation sites is 3. The number of amides is 2. The zero-order chi connectivity index (χ0) is 24.2. The van der Waals surface area contributed by atoms with Gasteiger partial charge >= 0.3 is 6.03 Å². The van der Waals surface area contributed by atoms with E-state index in [1.165, 1.54) is 0 Å². The van der Waals surface area contributed by atoms with Gasteiger partial charge < -0.3 is 24.1 Å². The summed E-state index contributed by atoms with van der Waals surface area (Å²) in [7, 11) is 3.29. The molecule has 0 spiro atoms. The minimum atomic E-state index is -0.109. The van der Waals surface area contributed by atoms with Crippen molar-refractivity contribution in [2.24, 2.45) is 0 Å². The number of furan rings is 1. The monoisotopic (exact) mass is 471 g/mol. The first-order valence-corrected chi connectivity index (χ1v) is 11.7. The van der Waals surface area contributed by atoms with E-state index in [2.05, 4.69) is 34.5 Å². The second kappa shape index (κ2) is 10.1. The van der Waals surface area contributed by atoms with E-state index in [1.54, 1.807) is 14.2 Å². The van der Waals surface area contributed by atoms with Crippen LogP contribution in [0.25, 0.3) is 22.1 Å². The van der Waals surface area contributed by atoms with Gasteiger partial charge in [-0.1, -0.05) is 36.4 Å². The minimum absolute atomic E-state index is 0.109. The van der Waals surface area contributed by atoms with Crippen molar-refractivity contribution >= 4 is 22.7 Å². The molecule has 1 aliphatic heterocycles. The number of urea groups is 1. The van der Waals surface area contributed by atoms with Gasteiger partial charge in [-0.05, 0) is 42.0 Å². The summed E-state index contributed by atoms with van der Waals surface area (Å²) in [6, 6.07) is 23.7. The Bertz CT molecular complexity index is 1320. The summed E-state index contributed by atoms with van der Waals surface area (Å²) in [5.41, 5.74) is 3.70. The van der Waals surface area contributed by atoms with Gasteiger partial charge in [0.1, 0.15) is 22.8 Å². The molecule has 2 amide bonds. The molecule has 7 nitrogen and oxygen atoms in total. The fourth-order valence-electron chi connectivity index (χ4n) is 4.50. The van der Waals surface area contributed by atoms with Gasteiger partial charge in [-0.2, -0.15) is 0 Å². The average Bonchev–Trinajstić information content (AvgIpc) is 3.30. The third-order valence-electron chi connectivity index (χ3n) is 6.37. The maximum absolute atomic E-state index is 12.7. The number of hydrogen-bond acceptors (Lipinski definition) is 5. The van der Waals surface area contributed by atoms with E-state index in [0.29, 0.717) is 31.1 Å². The number of ether oxygens (including phenoxy) is 2. The molecular weight excluding hydrogens is 442 g/mol. The van der Waals surface area contributed by atoms with E-state index in [-0.39, 0.29) is 6.03 Å². The molecule has 0 saturated carbocycles. The molecular formula is C28H29N3O4. The van der Waals surface area contributed by atoms with Crippen molar-refractivity contribution < 1.29 is 18.7 Å². The van der Waals surface area contributed by atoms with E-state index in [9.17, 15) is 4.79 Å². The summed E-state index contributed by atoms with van der Waals surface area (Å²) in [6.45, 7) is 3.57. The van der Waals surface area contributed by atoms with Crippen molar-refractivity contribution in [1.29, 1.82) is 0 Å². The second-order valence-corrected chi connectivity index (χ2v) is 8.56. The lowest BCUT2D eigenvalue weighted by Crippen LogP contribution is -2.49. The fourth-order valence-corrected chi connectivity index (χ4v) is 4.50. The molecule has 1 fully saturated rings. The molecule has 0 atom stereocenters. The number of carbonyl (C=O) groups excluding carboxylic acids is 1. The zero-order valence-electron chi connectivity index (χ0n) is 20.0. The van der Waals surface area contributed by atoms with Gasteiger partial charge in [-0.25, -0.2) is 4.79 Å². The first kappa shape index (κ1) is 22.8. The molecule has 0 aliphatic carbocycles. The third kappa shape index (κ3) is 4.95. The third-order valence-corrected chi connectivity index (χ3v) is 6.37. The van der Waals surface area contributed by atoms with Crippen molar-refractivity contribution in [2.75, 3.05) is 45.7 Å². The Hall–Kier alpha value is -3.97. The molecule has 0 bridgehead atoms. The first-order valence-electron chi connectivity index (χ1n) is 11.7. The molecule has 3 aromatic carbocycles. The lowest BCUT2D eigenvalue weighted by atomic mass is 10.0. The van der Waals surface area contributed by atoms with Crippen LogP contribution in [0.4, 0.5) is 10.5 Å². The maximum atomic E-state index is 12.7. The lowest BCUT2D eigenvalue weighted by molar-refractivity contribution is 0.137. The Labute approximate surface area is 204 Å². The number of nitrogens with one attached hydrogen (secondary N) is 1. The molecule has 1 saturated heterocycles. The molecule has 4 aromatic rings. The van der Waals surface area contributed by atoms with Crippen LogP contribution in [0.15, 0.2) is 77.2 Å². The summed E-state index contributed by atoms with van der Waals surface area (Å²) < 4.78 is 17.0. The predicted octanol–water partition coefficient (Wildman–Crippen LogP) is 5.47. The van der Waals surface area contributed by atoms with Crippen LogP contribution in [0.2, 0.25) is 0 Å². The molecule has 0 radical (unpaired) electrons. The number of benzene rings is 3. The molecule has 0 unspecified atom stereocenters. The van der Waals surface area contributed by atoms with Crippen LogP contribution in [0.5, 0.6) is 11.5 Å². The van der Waals surface area contributed by atoms with E-state index >= 15 is 0 Å². The molecule has 5 rings (SSSR count). The first-order chi connectivity index (χ1) is 17.1. The second-order valence-electron chi connectivity index (χ2n) is 8.56. The molecule has 35 heavy (non-hydrogen) atoms. The topological polar surface area (TPSA) is 67.2 Å². The summed E-state index contributed by atoms with van der Waals surface area (Å²) >= 11 is 0. The zero-order valence-corrected chi connectivity index (χ0v) is 20.0. The smallest absolute Gasteiger partial charge is 0.322 e. The number of anilines is 1. The summed E-state index contributed by atoms with van der Waals surface area (Å²) in [4.78, 5) is 16.9. The van der Waals surface area contributed by atoms with Crippen LogP contribution < -0.4 is 14.8 Å². The molecule has 1 N–H and O–H groups in total. The number of carbonyl (C=O) groups is 1. The average molecular weight is 472 g/mol. The van der Waals surface area contributed by atoms with Gasteiger partial charge in [0.25, 0.3) is 0 Å². The van der Waals surface area contributed by atoms with E-state index in [1.807, 2.05) is 53.4 Å². The van der Waals surface area contributed by atoms with Gasteiger partial charge in [0, 0.05) is 37.1 Å². The van der Waals surface area contributed by atoms with E-state index in [0.717, 1.165) is 46.7 Å². The lowest BCUT2D eigenvalue weighted by Gasteiger charge is -2.34. The van der Waals surface area contributed by atoms with Gasteiger partial charge in [0.2, 0.25) is 0 Å². The Morgan fingerprint density at radius 2 is 1.60 bits per heavy atom. The number of methoxy groups -OCH3 is 2. The molecule has 7 heteroatoms. The number of nitrogens with zero attached hydrogens (tertiary/aromatic N) is 2. The Kier molecular flexibility index (Phi) is 6.59. The van der Waals surface area contributed by atoms with Crippen molar-refractivity contribution in [2.45, 2.75) is 6.54 Å². The predicted molar refractivity (Wildman–Crippen MR) is 137 cm³/mol. The normalized spacial score (nSPS) is 14.2. The highest BCUT2D eigenvalue weighted by Gasteiger charge is 2.23. The number of hydrogen-bond donors (Lipinski definition) is 1. The fraction of sp³-hybridized carbons (Fsp3) is 0.250. The van der Waals surface area contributed by atoms with Gasteiger partial charge in [0.05, 0.1) is 26.5 Å². The number of piperazine rings is 1. The van der Waals surface area contributed by atoms with Crippen LogP contribution in [-0.2, 0) is 6.54 Å². The van der Waals surface area contributed by atoms with Crippen LogP contribution in [-0.4, -0.2) is 56.2 Å². The highest BCUT2D eigenvalue weighted by molar-refractivity contribution is 5.91. The van der Waals surface area contributed by atoms with Crippen LogP contribution in [0, 0.1) is 0 Å². The van der Waals surface area contributed by atoms with Crippen molar-refractivity contribution in [3.8, 4) is 22.6 Å². The molecule has 180 valence electrons. The molecule has 2 heterocycles. The van der Waals surface area contributed by atoms with Crippen molar-refractivity contribution in [3.05, 3.63) is 78.6 Å². The Balaban J connectivity index is 1.21. The summed E-state index contributed by atoms with van der Waals surface area (Å²) in [5.74, 6) is 2.42. The highest BCUT2D eigenvalue weighted by atomic mass is 16.5. The van der Waals surface area contributed by atoms with E-state index < -0.39 is 0 Å². The maximum Gasteiger partial charge on any atom is 0.322 e. The Morgan fingerprint density at radius 3 is 2.37 bits per heavy atom. The standard InChI is InChI=1S/C28H29N3O4/c1-33-26-9-5-3-7-23(26)20-11-12-25-21(17-20)18-22(35-25)19-30-13-15-31(16-14-30)28(32)29-24-8-4-6-10-27(24)34-2/h3-12,17-18H,13-16,19H2,1-2H3,(H,29,32). The summed E-state index contributed by atoms with van der Waals surface area (Å²) in [6.07, 6.45) is 0. The van der Waals surface area contributed by atoms with Crippen LogP contribution in [0.3, 0.4) is 0 Å². The van der Waals surface area contributed by atoms with Gasteiger partial charge in [-0.3, -0.25) is 4.90 Å². The van der Waals surface area contributed by atoms with Crippen molar-refractivity contribution in [3.63, 3.8) is 0 Å². The minimum Gasteiger partial charge on any atom is -0.496 e. The van der Waals surface area contributed by atoms with Crippen LogP contribution >= 0.6 is 0 Å². The molecule has 1 aromatic heterocycles. The van der Waals surface area contributed by atoms with Gasteiger partial charge in [-0.15, -0.1) is 0 Å². The molecule has 1 aliphatic rings. The van der Waals surface area contributed by atoms with Crippen LogP contribution in [0.1, 0.15) is 5.76 Å². The highest BCUT2D eigenvalue weighted by Crippen LogP contribution is 2.33. The number of rotatable bonds is 6. The quantitative estimate of drug-likeness (QED) is 0.404. The van der Waals surface area contributed by atoms with Crippen molar-refractivity contribution in [1.82, 2.24) is 9.80 Å². The Morgan fingerprint density at radius 1 is 0.886 bits per heavy atom. The number of fused-ring (bicyclic) bond motifs is 1. The summed E-state index contributed by atoms with van der Waals surface area (Å²) in [5, 5.41) is 4.02. The SMILES string of the molecule is COc1ccccc1NC(=O)N1CCN(Cc2cc3cc(-c4ccccc4OC)ccc3o2)CC1. The van der Waals surface area contributed by atoms with Gasteiger partial charge in [0.15, 0.2) is 0 Å².